The van der Waals surface area contributed by atoms with Gasteiger partial charge in [0.2, 0.25) is 20.0 Å². The molecule has 2 fully saturated rings. The first kappa shape index (κ1) is 25.8. The molecule has 2 aliphatic heterocycles. The van der Waals surface area contributed by atoms with Gasteiger partial charge in [-0.3, -0.25) is 0 Å². The lowest BCUT2D eigenvalue weighted by molar-refractivity contribution is 0.114. The molecule has 2 aromatic carbocycles. The Bertz CT molecular complexity index is 1260. The molecule has 0 bridgehead atoms. The van der Waals surface area contributed by atoms with Crippen LogP contribution in [0.4, 0.5) is 14.5 Å². The van der Waals surface area contributed by atoms with Crippen molar-refractivity contribution in [2.75, 3.05) is 51.3 Å². The maximum Gasteiger partial charge on any atom is 0.249 e. The predicted molar refractivity (Wildman–Crippen MR) is 124 cm³/mol. The number of nitrogens with one attached hydrogen (secondary N) is 1. The number of halogens is 2. The van der Waals surface area contributed by atoms with Crippen molar-refractivity contribution in [3.05, 3.63) is 48.0 Å². The van der Waals surface area contributed by atoms with E-state index in [2.05, 4.69) is 4.72 Å². The van der Waals surface area contributed by atoms with Crippen molar-refractivity contribution in [1.82, 2.24) is 9.03 Å². The summed E-state index contributed by atoms with van der Waals surface area (Å²) in [6.45, 7) is 1.02. The Balaban J connectivity index is 1.51. The third-order valence-corrected chi connectivity index (χ3v) is 9.45. The first-order valence-corrected chi connectivity index (χ1v) is 14.0. The van der Waals surface area contributed by atoms with Crippen LogP contribution in [0.25, 0.3) is 0 Å². The summed E-state index contributed by atoms with van der Waals surface area (Å²) in [4.78, 5) is 0.841. The molecule has 0 saturated carbocycles. The van der Waals surface area contributed by atoms with Crippen LogP contribution in [0.15, 0.2) is 46.2 Å². The zero-order valence-corrected chi connectivity index (χ0v) is 20.7. The molecule has 13 heteroatoms. The number of sulfonamides is 2. The molecule has 0 aromatic heterocycles. The number of benzene rings is 2. The average molecular weight is 532 g/mol. The molecule has 0 spiro atoms. The van der Waals surface area contributed by atoms with Crippen molar-refractivity contribution >= 4 is 25.7 Å². The summed E-state index contributed by atoms with van der Waals surface area (Å²) in [5.74, 6) is -1.88. The minimum atomic E-state index is -4.38. The predicted octanol–water partition coefficient (Wildman–Crippen LogP) is 1.94. The molecule has 35 heavy (non-hydrogen) atoms. The Morgan fingerprint density at radius 2 is 1.74 bits per heavy atom. The van der Waals surface area contributed by atoms with Gasteiger partial charge >= 0.3 is 0 Å². The van der Waals surface area contributed by atoms with Gasteiger partial charge in [0.15, 0.2) is 4.90 Å². The number of hydrogen-bond donors (Lipinski definition) is 1. The van der Waals surface area contributed by atoms with Gasteiger partial charge in [0, 0.05) is 39.3 Å². The van der Waals surface area contributed by atoms with Gasteiger partial charge in [-0.15, -0.1) is 0 Å². The molecule has 4 rings (SSSR count). The van der Waals surface area contributed by atoms with Gasteiger partial charge in [-0.2, -0.15) is 4.31 Å². The number of anilines is 1. The number of methoxy groups -OCH3 is 1. The molecule has 1 unspecified atom stereocenters. The minimum Gasteiger partial charge on any atom is -0.495 e. The van der Waals surface area contributed by atoms with Crippen LogP contribution in [0.5, 0.6) is 5.75 Å². The van der Waals surface area contributed by atoms with Gasteiger partial charge in [-0.25, -0.2) is 30.3 Å². The second-order valence-corrected chi connectivity index (χ2v) is 11.9. The van der Waals surface area contributed by atoms with Crippen molar-refractivity contribution in [1.29, 1.82) is 0 Å². The van der Waals surface area contributed by atoms with Crippen molar-refractivity contribution in [2.45, 2.75) is 28.7 Å². The highest BCUT2D eigenvalue weighted by molar-refractivity contribution is 7.89. The number of piperazine rings is 1. The van der Waals surface area contributed by atoms with Crippen LogP contribution in [0, 0.1) is 11.6 Å². The first-order valence-electron chi connectivity index (χ1n) is 11.1. The van der Waals surface area contributed by atoms with Crippen molar-refractivity contribution in [3.63, 3.8) is 0 Å². The minimum absolute atomic E-state index is 0.0368. The SMILES string of the molecule is COc1ccc(S(=O)(=O)NCC2CCCO2)cc1N1CCN(S(=O)(=O)c2c(F)cccc2F)CC1. The summed E-state index contributed by atoms with van der Waals surface area (Å²) in [6, 6.07) is 7.34. The van der Waals surface area contributed by atoms with Gasteiger partial charge in [0.1, 0.15) is 17.4 Å². The van der Waals surface area contributed by atoms with Gasteiger partial charge in [-0.05, 0) is 43.2 Å². The molecule has 2 heterocycles. The summed E-state index contributed by atoms with van der Waals surface area (Å²) < 4.78 is 94.1. The van der Waals surface area contributed by atoms with Gasteiger partial charge < -0.3 is 14.4 Å². The maximum atomic E-state index is 14.1. The molecule has 0 aliphatic carbocycles. The molecule has 1 atom stereocenters. The standard InChI is InChI=1S/C22H27F2N3O6S2/c1-32-21-8-7-17(34(28,29)25-15-16-4-3-13-33-16)14-20(21)26-9-11-27(12-10-26)35(30,31)22-18(23)5-2-6-19(22)24/h2,5-8,14,16,25H,3-4,9-13,15H2,1H3. The second-order valence-electron chi connectivity index (χ2n) is 8.26. The summed E-state index contributed by atoms with van der Waals surface area (Å²) in [5.41, 5.74) is 0.474. The van der Waals surface area contributed by atoms with E-state index >= 15 is 0 Å². The fourth-order valence-corrected chi connectivity index (χ4v) is 6.82. The highest BCUT2D eigenvalue weighted by atomic mass is 32.2. The quantitative estimate of drug-likeness (QED) is 0.555. The molecule has 0 amide bonds. The van der Waals surface area contributed by atoms with Crippen LogP contribution in [0.1, 0.15) is 12.8 Å². The Morgan fingerprint density at radius 1 is 1.06 bits per heavy atom. The van der Waals surface area contributed by atoms with E-state index < -0.39 is 36.6 Å². The number of ether oxygens (including phenoxy) is 2. The fourth-order valence-electron chi connectivity index (χ4n) is 4.20. The van der Waals surface area contributed by atoms with E-state index in [1.165, 1.54) is 25.3 Å². The summed E-state index contributed by atoms with van der Waals surface area (Å²) >= 11 is 0. The first-order chi connectivity index (χ1) is 16.6. The van der Waals surface area contributed by atoms with Crippen LogP contribution in [-0.2, 0) is 24.8 Å². The summed E-state index contributed by atoms with van der Waals surface area (Å²) in [7, 11) is -6.75. The largest absolute Gasteiger partial charge is 0.495 e. The van der Waals surface area contributed by atoms with Crippen LogP contribution < -0.4 is 14.4 Å². The molecular weight excluding hydrogens is 504 g/mol. The Labute approximate surface area is 203 Å². The van der Waals surface area contributed by atoms with Crippen molar-refractivity contribution in [2.24, 2.45) is 0 Å². The van der Waals surface area contributed by atoms with Crippen LogP contribution >= 0.6 is 0 Å². The molecule has 2 aliphatic rings. The molecule has 2 aromatic rings. The van der Waals surface area contributed by atoms with Gasteiger partial charge in [0.05, 0.1) is 23.8 Å². The van der Waals surface area contributed by atoms with Gasteiger partial charge in [-0.1, -0.05) is 6.07 Å². The van der Waals surface area contributed by atoms with E-state index in [4.69, 9.17) is 9.47 Å². The highest BCUT2D eigenvalue weighted by Gasteiger charge is 2.34. The number of rotatable bonds is 8. The number of hydrogen-bond acceptors (Lipinski definition) is 7. The smallest absolute Gasteiger partial charge is 0.249 e. The van der Waals surface area contributed by atoms with E-state index in [0.29, 0.717) is 18.0 Å². The molecule has 9 nitrogen and oxygen atoms in total. The van der Waals surface area contributed by atoms with Crippen LogP contribution in [0.3, 0.4) is 0 Å². The van der Waals surface area contributed by atoms with Crippen molar-refractivity contribution in [3.8, 4) is 5.75 Å². The van der Waals surface area contributed by atoms with Crippen molar-refractivity contribution < 1.29 is 35.1 Å². The lowest BCUT2D eigenvalue weighted by Crippen LogP contribution is -2.49. The zero-order chi connectivity index (χ0) is 25.2. The van der Waals surface area contributed by atoms with E-state index in [1.54, 1.807) is 4.90 Å². The highest BCUT2D eigenvalue weighted by Crippen LogP contribution is 2.33. The summed E-state index contributed by atoms with van der Waals surface area (Å²) in [5, 5.41) is 0. The van der Waals surface area contributed by atoms with E-state index in [0.717, 1.165) is 35.3 Å². The molecule has 1 N–H and O–H groups in total. The normalized spacial score (nSPS) is 19.7. The lowest BCUT2D eigenvalue weighted by Gasteiger charge is -2.36. The molecule has 2 saturated heterocycles. The molecular formula is C22H27F2N3O6S2. The lowest BCUT2D eigenvalue weighted by atomic mass is 10.2. The summed E-state index contributed by atoms with van der Waals surface area (Å²) in [6.07, 6.45) is 1.53. The molecule has 0 radical (unpaired) electrons. The number of nitrogens with zero attached hydrogens (tertiary/aromatic N) is 2. The average Bonchev–Trinajstić information content (AvgIpc) is 3.36. The zero-order valence-electron chi connectivity index (χ0n) is 19.1. The third-order valence-electron chi connectivity index (χ3n) is 6.08. The molecule has 192 valence electrons. The Morgan fingerprint density at radius 3 is 2.34 bits per heavy atom. The van der Waals surface area contributed by atoms with Crippen LogP contribution in [0.2, 0.25) is 0 Å². The Hall–Kier alpha value is -2.32. The monoisotopic (exact) mass is 531 g/mol. The maximum absolute atomic E-state index is 14.1. The Kier molecular flexibility index (Phi) is 7.62. The van der Waals surface area contributed by atoms with E-state index in [-0.39, 0.29) is 43.7 Å². The van der Waals surface area contributed by atoms with E-state index in [9.17, 15) is 25.6 Å². The topological polar surface area (TPSA) is 105 Å². The van der Waals surface area contributed by atoms with Crippen LogP contribution in [-0.4, -0.2) is 73.7 Å². The fraction of sp³-hybridized carbons (Fsp3) is 0.455. The third kappa shape index (κ3) is 5.43. The second kappa shape index (κ2) is 10.3. The van der Waals surface area contributed by atoms with Gasteiger partial charge in [0.25, 0.3) is 0 Å². The van der Waals surface area contributed by atoms with E-state index in [1.807, 2.05) is 0 Å².